The Morgan fingerprint density at radius 2 is 0.890 bits per heavy atom. The quantitative estimate of drug-likeness (QED) is 0.0751. The minimum atomic E-state index is -0.367. The normalized spacial score (nSPS) is 13.8. The third-order valence-electron chi connectivity index (χ3n) is 19.0. The van der Waals surface area contributed by atoms with Gasteiger partial charge < -0.3 is 14.2 Å². The maximum absolute atomic E-state index is 6.43. The lowest BCUT2D eigenvalue weighted by Crippen LogP contribution is -2.27. The van der Waals surface area contributed by atoms with Crippen molar-refractivity contribution < 1.29 is 4.74 Å². The average molecular weight is 1180 g/mol. The van der Waals surface area contributed by atoms with Gasteiger partial charge in [0.05, 0.1) is 17.6 Å². The Hall–Kier alpha value is -10.5. The van der Waals surface area contributed by atoms with Gasteiger partial charge in [-0.05, 0) is 198 Å². The number of hydrogen-bond donors (Lipinski definition) is 0. The number of fused-ring (bicyclic) bond motifs is 6. The molecule has 2 atom stereocenters. The van der Waals surface area contributed by atoms with E-state index >= 15 is 0 Å². The Kier molecular flexibility index (Phi) is 15.9. The summed E-state index contributed by atoms with van der Waals surface area (Å²) in [7, 11) is 0. The third-order valence-corrected chi connectivity index (χ3v) is 19.0. The number of ether oxygens (including phenoxy) is 1. The molecular formula is C88H76N2O. The molecule has 0 radical (unpaired) electrons. The number of hydrogen-bond acceptors (Lipinski definition) is 2. The zero-order valence-electron chi connectivity index (χ0n) is 52.6. The first kappa shape index (κ1) is 58.2. The van der Waals surface area contributed by atoms with Crippen LogP contribution >= 0.6 is 0 Å². The summed E-state index contributed by atoms with van der Waals surface area (Å²) >= 11 is 0. The van der Waals surface area contributed by atoms with Crippen molar-refractivity contribution in [2.45, 2.75) is 64.2 Å². The van der Waals surface area contributed by atoms with E-state index in [0.29, 0.717) is 12.5 Å². The second kappa shape index (κ2) is 24.8. The van der Waals surface area contributed by atoms with Gasteiger partial charge in [-0.1, -0.05) is 266 Å². The summed E-state index contributed by atoms with van der Waals surface area (Å²) in [6, 6.07) is 106. The van der Waals surface area contributed by atoms with Crippen LogP contribution in [-0.2, 0) is 10.8 Å². The van der Waals surface area contributed by atoms with E-state index in [1.807, 2.05) is 12.2 Å². The fourth-order valence-electron chi connectivity index (χ4n) is 14.0. The van der Waals surface area contributed by atoms with E-state index in [0.717, 1.165) is 70.9 Å². The Morgan fingerprint density at radius 3 is 1.43 bits per heavy atom. The highest BCUT2D eigenvalue weighted by Crippen LogP contribution is 2.57. The SMILES string of the molecule is C=Cc1ccc(-c2ccc(OCC(C)CCCCC3(c4ccccc4)c4ccccc4-c4ccc(N(c5ccc(-c6ccc(C(C)(C)C)cc6)cc5)c5ccc(-c6ccc7c(c6)c6cc(-c8ccc(C=C)cc8)ccc6n7-c6ccccc6)cc5)cc43)cc2)cc1. The summed E-state index contributed by atoms with van der Waals surface area (Å²) in [5.41, 5.74) is 26.2. The highest BCUT2D eigenvalue weighted by atomic mass is 16.5. The van der Waals surface area contributed by atoms with Crippen molar-refractivity contribution >= 4 is 51.0 Å². The van der Waals surface area contributed by atoms with Crippen molar-refractivity contribution in [3.05, 3.63) is 332 Å². The molecule has 13 aromatic rings. The minimum Gasteiger partial charge on any atom is -0.493 e. The van der Waals surface area contributed by atoms with Gasteiger partial charge in [0.25, 0.3) is 0 Å². The predicted molar refractivity (Wildman–Crippen MR) is 387 cm³/mol. The summed E-state index contributed by atoms with van der Waals surface area (Å²) in [4.78, 5) is 2.46. The molecule has 0 fully saturated rings. The van der Waals surface area contributed by atoms with E-state index in [4.69, 9.17) is 4.74 Å². The second-order valence-electron chi connectivity index (χ2n) is 25.8. The smallest absolute Gasteiger partial charge is 0.119 e. The standard InChI is InChI=1S/C88H76N2O/c1-7-62-26-30-64(31-27-62)67-40-51-78(52-41-67)91-60-61(3)19-17-18-56-88(73-20-11-9-12-21-73)83-25-16-15-24-79(83)80-53-50-77(59-84(80)88)89(75-46-36-66(37-47-75)65-34-44-72(45-35-65)87(4,5)6)76-48-38-69(39-49-76)71-43-55-86-82(58-71)81-57-70(68-32-28-63(8-2)29-33-68)42-54-85(81)90(86)74-22-13-10-14-23-74/h7-16,20-55,57-59,61H,1-2,17-19,56,60H2,3-6H3. The summed E-state index contributed by atoms with van der Waals surface area (Å²) in [5, 5.41) is 2.44. The lowest BCUT2D eigenvalue weighted by atomic mass is 9.69. The first-order chi connectivity index (χ1) is 44.5. The van der Waals surface area contributed by atoms with Gasteiger partial charge in [-0.3, -0.25) is 0 Å². The van der Waals surface area contributed by atoms with Crippen molar-refractivity contribution in [2.75, 3.05) is 11.5 Å². The molecule has 12 aromatic carbocycles. The summed E-state index contributed by atoms with van der Waals surface area (Å²) in [6.07, 6.45) is 7.98. The number of benzene rings is 12. The van der Waals surface area contributed by atoms with Gasteiger partial charge >= 0.3 is 0 Å². The van der Waals surface area contributed by atoms with E-state index in [1.165, 1.54) is 94.1 Å². The van der Waals surface area contributed by atoms with Crippen LogP contribution in [-0.4, -0.2) is 11.2 Å². The lowest BCUT2D eigenvalue weighted by molar-refractivity contribution is 0.248. The Labute approximate surface area is 537 Å². The van der Waals surface area contributed by atoms with Gasteiger partial charge in [0.15, 0.2) is 0 Å². The first-order valence-electron chi connectivity index (χ1n) is 32.3. The van der Waals surface area contributed by atoms with Crippen LogP contribution in [0.25, 0.3) is 95.3 Å². The van der Waals surface area contributed by atoms with Crippen molar-refractivity contribution in [1.82, 2.24) is 4.57 Å². The number of rotatable bonds is 19. The Balaban J connectivity index is 0.805. The summed E-state index contributed by atoms with van der Waals surface area (Å²) < 4.78 is 8.84. The topological polar surface area (TPSA) is 17.4 Å². The van der Waals surface area contributed by atoms with Crippen LogP contribution in [0, 0.1) is 5.92 Å². The van der Waals surface area contributed by atoms with Crippen molar-refractivity contribution in [2.24, 2.45) is 5.92 Å². The number of aromatic nitrogens is 1. The fraction of sp³-hybridized carbons (Fsp3) is 0.136. The molecule has 0 aliphatic heterocycles. The Morgan fingerprint density at radius 1 is 0.440 bits per heavy atom. The molecule has 1 heterocycles. The van der Waals surface area contributed by atoms with Gasteiger partial charge in [-0.2, -0.15) is 0 Å². The zero-order valence-corrected chi connectivity index (χ0v) is 52.6. The zero-order chi connectivity index (χ0) is 62.1. The molecule has 2 unspecified atom stereocenters. The first-order valence-corrected chi connectivity index (χ1v) is 32.3. The molecular weight excluding hydrogens is 1100 g/mol. The van der Waals surface area contributed by atoms with Crippen LogP contribution < -0.4 is 9.64 Å². The predicted octanol–water partition coefficient (Wildman–Crippen LogP) is 24.1. The Bertz CT molecular complexity index is 4730. The average Bonchev–Trinajstić information content (AvgIpc) is 1.58. The molecule has 0 spiro atoms. The minimum absolute atomic E-state index is 0.0794. The van der Waals surface area contributed by atoms with Crippen molar-refractivity contribution in [3.8, 4) is 67.1 Å². The lowest BCUT2D eigenvalue weighted by Gasteiger charge is -2.34. The monoisotopic (exact) mass is 1180 g/mol. The molecule has 0 saturated heterocycles. The van der Waals surface area contributed by atoms with Crippen molar-refractivity contribution in [3.63, 3.8) is 0 Å². The van der Waals surface area contributed by atoms with Crippen LogP contribution in [0.15, 0.2) is 298 Å². The molecule has 3 nitrogen and oxygen atoms in total. The molecule has 444 valence electrons. The van der Waals surface area contributed by atoms with Gasteiger partial charge in [0.2, 0.25) is 0 Å². The largest absolute Gasteiger partial charge is 0.493 e. The van der Waals surface area contributed by atoms with Gasteiger partial charge in [-0.15, -0.1) is 0 Å². The summed E-state index contributed by atoms with van der Waals surface area (Å²) in [6.45, 7) is 17.7. The van der Waals surface area contributed by atoms with Crippen LogP contribution in [0.5, 0.6) is 5.75 Å². The number of unbranched alkanes of at least 4 members (excludes halogenated alkanes) is 1. The van der Waals surface area contributed by atoms with Crippen LogP contribution in [0.3, 0.4) is 0 Å². The second-order valence-corrected chi connectivity index (χ2v) is 25.8. The number of nitrogens with zero attached hydrogens (tertiary/aromatic N) is 2. The maximum Gasteiger partial charge on any atom is 0.119 e. The van der Waals surface area contributed by atoms with E-state index in [2.05, 4.69) is 335 Å². The fourth-order valence-corrected chi connectivity index (χ4v) is 14.0. The van der Waals surface area contributed by atoms with Crippen LogP contribution in [0.4, 0.5) is 17.1 Å². The van der Waals surface area contributed by atoms with Gasteiger partial charge in [-0.25, -0.2) is 0 Å². The van der Waals surface area contributed by atoms with E-state index in [9.17, 15) is 0 Å². The number of anilines is 3. The van der Waals surface area contributed by atoms with Crippen molar-refractivity contribution in [1.29, 1.82) is 0 Å². The van der Waals surface area contributed by atoms with Crippen LogP contribution in [0.2, 0.25) is 0 Å². The van der Waals surface area contributed by atoms with Crippen LogP contribution in [0.1, 0.15) is 86.8 Å². The molecule has 0 saturated carbocycles. The molecule has 1 aliphatic rings. The molecule has 1 aromatic heterocycles. The third kappa shape index (κ3) is 11.4. The molecule has 0 bridgehead atoms. The molecule has 0 amide bonds. The summed E-state index contributed by atoms with van der Waals surface area (Å²) in [5.74, 6) is 1.30. The number of para-hydroxylation sites is 1. The molecule has 14 rings (SSSR count). The maximum atomic E-state index is 6.43. The van der Waals surface area contributed by atoms with E-state index < -0.39 is 0 Å². The van der Waals surface area contributed by atoms with Gasteiger partial charge in [0.1, 0.15) is 5.75 Å². The highest BCUT2D eigenvalue weighted by molar-refractivity contribution is 6.11. The van der Waals surface area contributed by atoms with E-state index in [1.54, 1.807) is 0 Å². The molecule has 91 heavy (non-hydrogen) atoms. The highest BCUT2D eigenvalue weighted by Gasteiger charge is 2.44. The molecule has 3 heteroatoms. The molecule has 1 aliphatic carbocycles. The van der Waals surface area contributed by atoms with Gasteiger partial charge in [0, 0.05) is 38.9 Å². The van der Waals surface area contributed by atoms with E-state index in [-0.39, 0.29) is 10.8 Å². The molecule has 0 N–H and O–H groups in total.